The van der Waals surface area contributed by atoms with E-state index in [0.717, 1.165) is 17.5 Å². The average molecular weight is 321 g/mol. The molecule has 3 rings (SSSR count). The fourth-order valence-electron chi connectivity index (χ4n) is 2.86. The van der Waals surface area contributed by atoms with Gasteiger partial charge in [-0.3, -0.25) is 0 Å². The van der Waals surface area contributed by atoms with Gasteiger partial charge in [-0.15, -0.1) is 0 Å². The Labute approximate surface area is 141 Å². The fraction of sp³-hybridized carbons (Fsp3) is 0.263. The summed E-state index contributed by atoms with van der Waals surface area (Å²) in [5.41, 5.74) is 2.55. The van der Waals surface area contributed by atoms with E-state index in [0.29, 0.717) is 18.7 Å². The van der Waals surface area contributed by atoms with E-state index >= 15 is 0 Å². The van der Waals surface area contributed by atoms with Gasteiger partial charge in [0.25, 0.3) is 0 Å². The minimum absolute atomic E-state index is 0.0437. The Balaban J connectivity index is 1.55. The van der Waals surface area contributed by atoms with Crippen LogP contribution in [0.25, 0.3) is 0 Å². The van der Waals surface area contributed by atoms with Gasteiger partial charge in [0.15, 0.2) is 0 Å². The summed E-state index contributed by atoms with van der Waals surface area (Å²) < 4.78 is 5.77. The first-order chi connectivity index (χ1) is 11.8. The van der Waals surface area contributed by atoms with Crippen LogP contribution in [0.1, 0.15) is 29.2 Å². The van der Waals surface area contributed by atoms with E-state index in [2.05, 4.69) is 16.7 Å². The Morgan fingerprint density at radius 2 is 2.04 bits per heavy atom. The summed E-state index contributed by atoms with van der Waals surface area (Å²) in [5, 5.41) is 14.7. The number of carbonyl (C=O) groups is 1. The van der Waals surface area contributed by atoms with Gasteiger partial charge in [0.05, 0.1) is 17.7 Å². The van der Waals surface area contributed by atoms with Crippen LogP contribution < -0.4 is 10.6 Å². The van der Waals surface area contributed by atoms with Crippen molar-refractivity contribution in [2.24, 2.45) is 0 Å². The molecule has 0 aliphatic carbocycles. The van der Waals surface area contributed by atoms with Gasteiger partial charge in [0.2, 0.25) is 0 Å². The van der Waals surface area contributed by atoms with E-state index in [9.17, 15) is 4.79 Å². The van der Waals surface area contributed by atoms with Gasteiger partial charge in [-0.25, -0.2) is 4.79 Å². The zero-order chi connectivity index (χ0) is 16.8. The first-order valence-electron chi connectivity index (χ1n) is 7.96. The van der Waals surface area contributed by atoms with Crippen molar-refractivity contribution in [3.05, 3.63) is 71.3 Å². The number of nitriles is 1. The molecular weight excluding hydrogens is 302 g/mol. The van der Waals surface area contributed by atoms with Crippen LogP contribution in [0.15, 0.2) is 54.6 Å². The molecule has 0 spiro atoms. The van der Waals surface area contributed by atoms with Gasteiger partial charge >= 0.3 is 6.03 Å². The van der Waals surface area contributed by atoms with Crippen LogP contribution in [0, 0.1) is 11.3 Å². The van der Waals surface area contributed by atoms with Crippen molar-refractivity contribution in [3.63, 3.8) is 0 Å². The van der Waals surface area contributed by atoms with Gasteiger partial charge in [0, 0.05) is 13.2 Å². The number of nitrogens with zero attached hydrogens (tertiary/aromatic N) is 1. The molecule has 2 aromatic rings. The molecule has 122 valence electrons. The van der Waals surface area contributed by atoms with Crippen molar-refractivity contribution in [1.29, 1.82) is 5.26 Å². The zero-order valence-electron chi connectivity index (χ0n) is 13.2. The number of urea groups is 1. The maximum atomic E-state index is 12.2. The van der Waals surface area contributed by atoms with E-state index in [1.54, 1.807) is 12.1 Å². The van der Waals surface area contributed by atoms with Gasteiger partial charge < -0.3 is 15.4 Å². The summed E-state index contributed by atoms with van der Waals surface area (Å²) in [6.07, 6.45) is 0.676. The van der Waals surface area contributed by atoms with Crippen LogP contribution in [-0.2, 0) is 11.3 Å². The third kappa shape index (κ3) is 3.92. The second-order valence-corrected chi connectivity index (χ2v) is 5.74. The SMILES string of the molecule is N#Cc1cccc(CNC(=O)NC2CCOC2c2ccccc2)c1. The molecule has 2 amide bonds. The molecule has 24 heavy (non-hydrogen) atoms. The largest absolute Gasteiger partial charge is 0.371 e. The number of ether oxygens (including phenoxy) is 1. The van der Waals surface area contributed by atoms with E-state index < -0.39 is 0 Å². The Kier molecular flexibility index (Phi) is 5.09. The quantitative estimate of drug-likeness (QED) is 0.909. The molecule has 1 aliphatic rings. The summed E-state index contributed by atoms with van der Waals surface area (Å²) in [6, 6.07) is 18.9. The molecule has 5 heteroatoms. The molecular formula is C19H19N3O2. The van der Waals surface area contributed by atoms with E-state index in [-0.39, 0.29) is 18.2 Å². The minimum atomic E-state index is -0.228. The van der Waals surface area contributed by atoms with Crippen LogP contribution in [0.3, 0.4) is 0 Å². The minimum Gasteiger partial charge on any atom is -0.371 e. The molecule has 1 fully saturated rings. The van der Waals surface area contributed by atoms with Crippen molar-refractivity contribution >= 4 is 6.03 Å². The predicted octanol–water partition coefficient (Wildman–Crippen LogP) is 2.89. The highest BCUT2D eigenvalue weighted by Gasteiger charge is 2.30. The van der Waals surface area contributed by atoms with Crippen LogP contribution in [0.4, 0.5) is 4.79 Å². The highest BCUT2D eigenvalue weighted by molar-refractivity contribution is 5.74. The Morgan fingerprint density at radius 3 is 2.83 bits per heavy atom. The first-order valence-corrected chi connectivity index (χ1v) is 7.96. The molecule has 1 aliphatic heterocycles. The fourth-order valence-corrected chi connectivity index (χ4v) is 2.86. The lowest BCUT2D eigenvalue weighted by Gasteiger charge is -2.20. The lowest BCUT2D eigenvalue weighted by molar-refractivity contribution is 0.0999. The molecule has 2 atom stereocenters. The molecule has 0 radical (unpaired) electrons. The van der Waals surface area contributed by atoms with E-state index in [4.69, 9.17) is 10.00 Å². The number of hydrogen-bond acceptors (Lipinski definition) is 3. The Morgan fingerprint density at radius 1 is 1.21 bits per heavy atom. The molecule has 2 N–H and O–H groups in total. The summed E-state index contributed by atoms with van der Waals surface area (Å²) in [7, 11) is 0. The number of benzene rings is 2. The third-order valence-corrected chi connectivity index (χ3v) is 4.05. The van der Waals surface area contributed by atoms with Gasteiger partial charge in [-0.2, -0.15) is 5.26 Å². The van der Waals surface area contributed by atoms with Crippen molar-refractivity contribution in [3.8, 4) is 6.07 Å². The van der Waals surface area contributed by atoms with E-state index in [1.165, 1.54) is 0 Å². The monoisotopic (exact) mass is 321 g/mol. The van der Waals surface area contributed by atoms with Crippen molar-refractivity contribution in [1.82, 2.24) is 10.6 Å². The average Bonchev–Trinajstić information content (AvgIpc) is 3.09. The van der Waals surface area contributed by atoms with Crippen molar-refractivity contribution < 1.29 is 9.53 Å². The molecule has 5 nitrogen and oxygen atoms in total. The Bertz CT molecular complexity index is 740. The van der Waals surface area contributed by atoms with Crippen LogP contribution in [0.2, 0.25) is 0 Å². The third-order valence-electron chi connectivity index (χ3n) is 4.05. The second-order valence-electron chi connectivity index (χ2n) is 5.74. The lowest BCUT2D eigenvalue weighted by atomic mass is 10.0. The predicted molar refractivity (Wildman–Crippen MR) is 90.1 cm³/mol. The summed E-state index contributed by atoms with van der Waals surface area (Å²) in [6.45, 7) is 1.01. The summed E-state index contributed by atoms with van der Waals surface area (Å²) in [4.78, 5) is 12.2. The van der Waals surface area contributed by atoms with E-state index in [1.807, 2.05) is 42.5 Å². The van der Waals surface area contributed by atoms with Crippen LogP contribution in [0.5, 0.6) is 0 Å². The summed E-state index contributed by atoms with van der Waals surface area (Å²) in [5.74, 6) is 0. The molecule has 1 saturated heterocycles. The normalized spacial score (nSPS) is 19.5. The molecule has 0 saturated carbocycles. The number of rotatable bonds is 4. The van der Waals surface area contributed by atoms with Crippen LogP contribution >= 0.6 is 0 Å². The maximum absolute atomic E-state index is 12.2. The molecule has 0 aromatic heterocycles. The highest BCUT2D eigenvalue weighted by atomic mass is 16.5. The van der Waals surface area contributed by atoms with Crippen molar-refractivity contribution in [2.45, 2.75) is 25.1 Å². The second kappa shape index (κ2) is 7.62. The number of carbonyl (C=O) groups excluding carboxylic acids is 1. The highest BCUT2D eigenvalue weighted by Crippen LogP contribution is 2.28. The van der Waals surface area contributed by atoms with Gasteiger partial charge in [-0.1, -0.05) is 42.5 Å². The lowest BCUT2D eigenvalue weighted by Crippen LogP contribution is -2.43. The number of nitrogens with one attached hydrogen (secondary N) is 2. The zero-order valence-corrected chi connectivity index (χ0v) is 13.2. The van der Waals surface area contributed by atoms with Crippen molar-refractivity contribution in [2.75, 3.05) is 6.61 Å². The molecule has 2 unspecified atom stereocenters. The maximum Gasteiger partial charge on any atom is 0.315 e. The van der Waals surface area contributed by atoms with Gasteiger partial charge in [0.1, 0.15) is 6.10 Å². The topological polar surface area (TPSA) is 74.2 Å². The standard InChI is InChI=1S/C19H19N3O2/c20-12-14-5-4-6-15(11-14)13-21-19(23)22-17-9-10-24-18(17)16-7-2-1-3-8-16/h1-8,11,17-18H,9-10,13H2,(H2,21,22,23). The number of amides is 2. The molecule has 1 heterocycles. The Hall–Kier alpha value is -2.84. The number of hydrogen-bond donors (Lipinski definition) is 2. The summed E-state index contributed by atoms with van der Waals surface area (Å²) >= 11 is 0. The van der Waals surface area contributed by atoms with Gasteiger partial charge in [-0.05, 0) is 29.7 Å². The smallest absolute Gasteiger partial charge is 0.315 e. The molecule has 2 aromatic carbocycles. The first kappa shape index (κ1) is 16.0. The van der Waals surface area contributed by atoms with Crippen LogP contribution in [-0.4, -0.2) is 18.7 Å². The molecule has 0 bridgehead atoms.